The molecule has 2 N–H and O–H groups in total. The summed E-state index contributed by atoms with van der Waals surface area (Å²) in [5, 5.41) is 38.2. The summed E-state index contributed by atoms with van der Waals surface area (Å²) in [5.74, 6) is -1.22. The summed E-state index contributed by atoms with van der Waals surface area (Å²) in [6.45, 7) is 0.244. The SMILES string of the molecule is O=C(O)c1nn(-c2cccc([N+](=O)[O-])c2)nc1N(CCO)Cc1ccccc1. The van der Waals surface area contributed by atoms with Gasteiger partial charge in [-0.2, -0.15) is 0 Å². The normalized spacial score (nSPS) is 10.6. The Labute approximate surface area is 159 Å². The third-order valence-corrected chi connectivity index (χ3v) is 3.96. The number of anilines is 1. The van der Waals surface area contributed by atoms with E-state index in [2.05, 4.69) is 10.2 Å². The number of aliphatic hydroxyl groups excluding tert-OH is 1. The lowest BCUT2D eigenvalue weighted by molar-refractivity contribution is -0.384. The average molecular weight is 383 g/mol. The molecule has 0 aliphatic heterocycles. The van der Waals surface area contributed by atoms with Crippen molar-refractivity contribution in [2.45, 2.75) is 6.54 Å². The Hall–Kier alpha value is -3.79. The molecule has 0 aliphatic carbocycles. The fourth-order valence-corrected chi connectivity index (χ4v) is 2.68. The van der Waals surface area contributed by atoms with Gasteiger partial charge >= 0.3 is 5.97 Å². The average Bonchev–Trinajstić information content (AvgIpc) is 3.14. The summed E-state index contributed by atoms with van der Waals surface area (Å²) >= 11 is 0. The van der Waals surface area contributed by atoms with Crippen molar-refractivity contribution in [1.82, 2.24) is 15.0 Å². The fraction of sp³-hybridized carbons (Fsp3) is 0.167. The number of non-ortho nitro benzene ring substituents is 1. The number of aliphatic hydroxyl groups is 1. The monoisotopic (exact) mass is 383 g/mol. The molecule has 3 rings (SSSR count). The zero-order valence-electron chi connectivity index (χ0n) is 14.7. The Morgan fingerprint density at radius 1 is 1.14 bits per heavy atom. The largest absolute Gasteiger partial charge is 0.476 e. The van der Waals surface area contributed by atoms with Crippen LogP contribution >= 0.6 is 0 Å². The number of hydrogen-bond donors (Lipinski definition) is 2. The summed E-state index contributed by atoms with van der Waals surface area (Å²) in [4.78, 5) is 24.8. The van der Waals surface area contributed by atoms with Crippen LogP contribution < -0.4 is 4.90 Å². The van der Waals surface area contributed by atoms with E-state index in [0.717, 1.165) is 10.4 Å². The molecule has 144 valence electrons. The number of aromatic nitrogens is 3. The molecule has 0 saturated carbocycles. The molecule has 0 fully saturated rings. The maximum Gasteiger partial charge on any atom is 0.360 e. The maximum atomic E-state index is 11.7. The molecule has 10 heteroatoms. The lowest BCUT2D eigenvalue weighted by Gasteiger charge is -2.21. The Kier molecular flexibility index (Phi) is 5.61. The first-order valence-corrected chi connectivity index (χ1v) is 8.35. The van der Waals surface area contributed by atoms with E-state index >= 15 is 0 Å². The van der Waals surface area contributed by atoms with Crippen molar-refractivity contribution in [3.05, 3.63) is 76.0 Å². The van der Waals surface area contributed by atoms with Crippen LogP contribution in [0.2, 0.25) is 0 Å². The fourth-order valence-electron chi connectivity index (χ4n) is 2.68. The molecule has 0 saturated heterocycles. The molecule has 0 radical (unpaired) electrons. The number of nitrogens with zero attached hydrogens (tertiary/aromatic N) is 5. The highest BCUT2D eigenvalue weighted by molar-refractivity contribution is 5.91. The molecule has 0 bridgehead atoms. The summed E-state index contributed by atoms with van der Waals surface area (Å²) in [6.07, 6.45) is 0. The number of rotatable bonds is 8. The molecule has 28 heavy (non-hydrogen) atoms. The van der Waals surface area contributed by atoms with Crippen LogP contribution in [0.3, 0.4) is 0 Å². The van der Waals surface area contributed by atoms with E-state index in [1.807, 2.05) is 30.3 Å². The van der Waals surface area contributed by atoms with Gasteiger partial charge in [0, 0.05) is 25.2 Å². The summed E-state index contributed by atoms with van der Waals surface area (Å²) in [6, 6.07) is 14.9. The van der Waals surface area contributed by atoms with Gasteiger partial charge in [-0.3, -0.25) is 10.1 Å². The zero-order chi connectivity index (χ0) is 20.1. The predicted molar refractivity (Wildman–Crippen MR) is 99.6 cm³/mol. The Morgan fingerprint density at radius 2 is 1.89 bits per heavy atom. The van der Waals surface area contributed by atoms with Crippen molar-refractivity contribution < 1.29 is 19.9 Å². The van der Waals surface area contributed by atoms with Crippen LogP contribution in [-0.2, 0) is 6.54 Å². The lowest BCUT2D eigenvalue weighted by atomic mass is 10.2. The molecule has 1 heterocycles. The molecule has 0 atom stereocenters. The quantitative estimate of drug-likeness (QED) is 0.445. The molecule has 0 amide bonds. The van der Waals surface area contributed by atoms with Crippen LogP contribution in [0.15, 0.2) is 54.6 Å². The van der Waals surface area contributed by atoms with Crippen LogP contribution in [0.25, 0.3) is 5.69 Å². The van der Waals surface area contributed by atoms with E-state index in [1.165, 1.54) is 24.3 Å². The van der Waals surface area contributed by atoms with Crippen molar-refractivity contribution in [3.8, 4) is 5.69 Å². The second-order valence-electron chi connectivity index (χ2n) is 5.87. The standard InChI is InChI=1S/C18H17N5O5/c24-10-9-21(12-13-5-2-1-3-6-13)17-16(18(25)26)19-22(20-17)14-7-4-8-15(11-14)23(27)28/h1-8,11,24H,9-10,12H2,(H,25,26). The summed E-state index contributed by atoms with van der Waals surface area (Å²) in [7, 11) is 0. The summed E-state index contributed by atoms with van der Waals surface area (Å²) < 4.78 is 0. The van der Waals surface area contributed by atoms with E-state index in [4.69, 9.17) is 0 Å². The lowest BCUT2D eigenvalue weighted by Crippen LogP contribution is -2.28. The van der Waals surface area contributed by atoms with E-state index in [-0.39, 0.29) is 36.0 Å². The molecule has 10 nitrogen and oxygen atoms in total. The number of carboxylic acids is 1. The van der Waals surface area contributed by atoms with Crippen molar-refractivity contribution in [3.63, 3.8) is 0 Å². The number of nitro groups is 1. The Bertz CT molecular complexity index is 989. The number of hydrogen-bond acceptors (Lipinski definition) is 7. The highest BCUT2D eigenvalue weighted by Gasteiger charge is 2.24. The first-order chi connectivity index (χ1) is 13.5. The third-order valence-electron chi connectivity index (χ3n) is 3.96. The van der Waals surface area contributed by atoms with Gasteiger partial charge in [-0.15, -0.1) is 15.0 Å². The first kappa shape index (κ1) is 19.0. The minimum Gasteiger partial charge on any atom is -0.476 e. The van der Waals surface area contributed by atoms with Gasteiger partial charge in [0.2, 0.25) is 5.69 Å². The van der Waals surface area contributed by atoms with Crippen molar-refractivity contribution in [2.75, 3.05) is 18.1 Å². The summed E-state index contributed by atoms with van der Waals surface area (Å²) in [5.41, 5.74) is 0.685. The van der Waals surface area contributed by atoms with Gasteiger partial charge in [0.25, 0.3) is 5.69 Å². The van der Waals surface area contributed by atoms with Gasteiger partial charge in [0.15, 0.2) is 5.82 Å². The van der Waals surface area contributed by atoms with E-state index in [9.17, 15) is 25.1 Å². The van der Waals surface area contributed by atoms with Crippen molar-refractivity contribution >= 4 is 17.5 Å². The van der Waals surface area contributed by atoms with Gasteiger partial charge in [-0.1, -0.05) is 36.4 Å². The smallest absolute Gasteiger partial charge is 0.360 e. The molecule has 0 aliphatic rings. The Morgan fingerprint density at radius 3 is 2.54 bits per heavy atom. The second-order valence-corrected chi connectivity index (χ2v) is 5.87. The first-order valence-electron chi connectivity index (χ1n) is 8.35. The predicted octanol–water partition coefficient (Wildman–Crippen LogP) is 1.87. The molecular weight excluding hydrogens is 366 g/mol. The van der Waals surface area contributed by atoms with E-state index in [0.29, 0.717) is 6.54 Å². The highest BCUT2D eigenvalue weighted by Crippen LogP contribution is 2.22. The van der Waals surface area contributed by atoms with E-state index < -0.39 is 10.9 Å². The van der Waals surface area contributed by atoms with Crippen LogP contribution in [0.5, 0.6) is 0 Å². The van der Waals surface area contributed by atoms with E-state index in [1.54, 1.807) is 4.90 Å². The molecule has 0 spiro atoms. The number of nitro benzene ring substituents is 1. The number of aromatic carboxylic acids is 1. The second kappa shape index (κ2) is 8.27. The van der Waals surface area contributed by atoms with Crippen molar-refractivity contribution in [2.24, 2.45) is 0 Å². The van der Waals surface area contributed by atoms with Crippen LogP contribution in [0.4, 0.5) is 11.5 Å². The number of carboxylic acid groups (broad SMARTS) is 1. The molecule has 1 aromatic heterocycles. The Balaban J connectivity index is 2.02. The van der Waals surface area contributed by atoms with Gasteiger partial charge in [0.1, 0.15) is 0 Å². The zero-order valence-corrected chi connectivity index (χ0v) is 14.7. The number of benzene rings is 2. The minimum absolute atomic E-state index is 0.0666. The molecule has 0 unspecified atom stereocenters. The van der Waals surface area contributed by atoms with Gasteiger partial charge in [-0.05, 0) is 11.6 Å². The third kappa shape index (κ3) is 4.13. The highest BCUT2D eigenvalue weighted by atomic mass is 16.6. The molecule has 2 aromatic carbocycles. The van der Waals surface area contributed by atoms with Crippen LogP contribution in [-0.4, -0.2) is 49.3 Å². The number of carbonyl (C=O) groups is 1. The van der Waals surface area contributed by atoms with Crippen LogP contribution in [0.1, 0.15) is 16.1 Å². The maximum absolute atomic E-state index is 11.7. The molecular formula is C18H17N5O5. The molecule has 3 aromatic rings. The van der Waals surface area contributed by atoms with Gasteiger partial charge in [0.05, 0.1) is 17.2 Å². The van der Waals surface area contributed by atoms with Gasteiger partial charge in [-0.25, -0.2) is 4.79 Å². The van der Waals surface area contributed by atoms with Gasteiger partial charge < -0.3 is 15.1 Å². The van der Waals surface area contributed by atoms with Crippen molar-refractivity contribution in [1.29, 1.82) is 0 Å². The minimum atomic E-state index is -1.29. The topological polar surface area (TPSA) is 135 Å². The van der Waals surface area contributed by atoms with Crippen LogP contribution in [0, 0.1) is 10.1 Å².